The molecule has 0 N–H and O–H groups in total. The first-order chi connectivity index (χ1) is 17.0. The number of hydrogen-bond donors (Lipinski definition) is 1. The molecule has 17 heteroatoms. The van der Waals surface area contributed by atoms with Crippen molar-refractivity contribution in [1.29, 1.82) is 0 Å². The first-order valence-corrected chi connectivity index (χ1v) is 13.2. The number of hydroxylamine groups is 2. The Morgan fingerprint density at radius 1 is 1.31 bits per heavy atom. The third kappa shape index (κ3) is 5.47. The Kier molecular flexibility index (Phi) is 7.53. The van der Waals surface area contributed by atoms with Gasteiger partial charge < -0.3 is 4.84 Å². The quantitative estimate of drug-likeness (QED) is 0.410. The van der Waals surface area contributed by atoms with Crippen molar-refractivity contribution < 1.29 is 31.6 Å². The summed E-state index contributed by atoms with van der Waals surface area (Å²) in [6.07, 6.45) is -0.426. The molecule has 2 aromatic heterocycles. The second-order valence-corrected chi connectivity index (χ2v) is 11.6. The van der Waals surface area contributed by atoms with Crippen LogP contribution >= 0.6 is 27.7 Å². The van der Waals surface area contributed by atoms with Crippen LogP contribution in [0.4, 0.5) is 9.18 Å². The molecule has 0 bridgehead atoms. The van der Waals surface area contributed by atoms with Gasteiger partial charge in [-0.2, -0.15) is 4.31 Å². The van der Waals surface area contributed by atoms with Crippen LogP contribution in [0, 0.1) is 5.82 Å². The van der Waals surface area contributed by atoms with E-state index in [9.17, 15) is 22.4 Å². The van der Waals surface area contributed by atoms with Crippen molar-refractivity contribution in [2.45, 2.75) is 43.0 Å². The standard InChI is InChI=1S/C19H20BrFN6O7S2/c1-19(2,3)27(36(30)31)18(29)33-25-7-6-11(9-25)35-16-14(22-34-24-16)15-23-32-17(28)26(15)10-4-5-13(21)12(20)8-10/h4-5,8,11,36H,6-7,9H2,1-3H3/t11-/m1/s1. The number of benzene rings is 1. The van der Waals surface area contributed by atoms with E-state index in [-0.39, 0.29) is 33.5 Å². The molecule has 0 saturated carbocycles. The Labute approximate surface area is 217 Å². The SMILES string of the molecule is CC(C)(C)N(C(=O)ON1CC[C@@H](Sc2nonc2-c2noc(=O)n2-c2ccc(F)c(Br)c2)C1)[SH](=O)=O. The highest BCUT2D eigenvalue weighted by Crippen LogP contribution is 2.35. The van der Waals surface area contributed by atoms with Crippen LogP contribution in [0.25, 0.3) is 17.2 Å². The zero-order valence-electron chi connectivity index (χ0n) is 19.1. The molecular weight excluding hydrogens is 587 g/mol. The number of thioether (sulfide) groups is 1. The molecule has 0 radical (unpaired) electrons. The molecule has 1 atom stereocenters. The number of carbonyl (C=O) groups is 1. The van der Waals surface area contributed by atoms with E-state index in [2.05, 4.69) is 31.4 Å². The number of hydrogen-bond acceptors (Lipinski definition) is 12. The van der Waals surface area contributed by atoms with Crippen molar-refractivity contribution in [3.8, 4) is 17.2 Å². The number of rotatable bonds is 6. The van der Waals surface area contributed by atoms with Crippen LogP contribution in [0.2, 0.25) is 0 Å². The maximum Gasteiger partial charge on any atom is 0.446 e. The van der Waals surface area contributed by atoms with Crippen molar-refractivity contribution >= 4 is 44.7 Å². The minimum Gasteiger partial charge on any atom is -0.350 e. The normalized spacial score (nSPS) is 16.6. The average Bonchev–Trinajstić information content (AvgIpc) is 3.49. The molecule has 4 rings (SSSR count). The maximum absolute atomic E-state index is 13.7. The van der Waals surface area contributed by atoms with Gasteiger partial charge in [0.15, 0.2) is 10.7 Å². The number of halogens is 2. The summed E-state index contributed by atoms with van der Waals surface area (Å²) >= 11 is 4.33. The molecule has 3 heterocycles. The van der Waals surface area contributed by atoms with Crippen molar-refractivity contribution in [2.75, 3.05) is 13.1 Å². The Morgan fingerprint density at radius 3 is 2.72 bits per heavy atom. The number of carbonyl (C=O) groups excluding carboxylic acids is 1. The van der Waals surface area contributed by atoms with Crippen molar-refractivity contribution in [1.82, 2.24) is 29.4 Å². The molecule has 0 unspecified atom stereocenters. The zero-order chi connectivity index (χ0) is 26.2. The van der Waals surface area contributed by atoms with Crippen LogP contribution in [-0.2, 0) is 15.7 Å². The summed E-state index contributed by atoms with van der Waals surface area (Å²) in [7, 11) is -3.18. The van der Waals surface area contributed by atoms with E-state index in [1.54, 1.807) is 20.8 Å². The lowest BCUT2D eigenvalue weighted by molar-refractivity contribution is -0.0917. The Bertz CT molecular complexity index is 1410. The predicted octanol–water partition coefficient (Wildman–Crippen LogP) is 2.62. The summed E-state index contributed by atoms with van der Waals surface area (Å²) in [5.74, 6) is -1.33. The highest BCUT2D eigenvalue weighted by molar-refractivity contribution is 9.10. The lowest BCUT2D eigenvalue weighted by Crippen LogP contribution is -2.46. The molecule has 1 saturated heterocycles. The highest BCUT2D eigenvalue weighted by atomic mass is 79.9. The van der Waals surface area contributed by atoms with Crippen LogP contribution in [0.3, 0.4) is 0 Å². The lowest BCUT2D eigenvalue weighted by Gasteiger charge is -2.30. The van der Waals surface area contributed by atoms with Gasteiger partial charge in [-0.15, -0.1) is 5.06 Å². The van der Waals surface area contributed by atoms with Gasteiger partial charge in [-0.1, -0.05) is 16.9 Å². The first-order valence-electron chi connectivity index (χ1n) is 10.4. The topological polar surface area (TPSA) is 154 Å². The monoisotopic (exact) mass is 606 g/mol. The molecule has 1 aromatic carbocycles. The van der Waals surface area contributed by atoms with Gasteiger partial charge in [0, 0.05) is 18.3 Å². The molecule has 13 nitrogen and oxygen atoms in total. The summed E-state index contributed by atoms with van der Waals surface area (Å²) in [5.41, 5.74) is -0.568. The third-order valence-electron chi connectivity index (χ3n) is 5.00. The molecular formula is C19H20BrFN6O7S2. The predicted molar refractivity (Wildman–Crippen MR) is 127 cm³/mol. The minimum atomic E-state index is -3.18. The maximum atomic E-state index is 13.7. The number of amides is 1. The first kappa shape index (κ1) is 26.3. The van der Waals surface area contributed by atoms with Gasteiger partial charge in [0.05, 0.1) is 15.7 Å². The summed E-state index contributed by atoms with van der Waals surface area (Å²) in [4.78, 5) is 30.1. The van der Waals surface area contributed by atoms with E-state index in [4.69, 9.17) is 14.0 Å². The van der Waals surface area contributed by atoms with Crippen LogP contribution < -0.4 is 5.76 Å². The van der Waals surface area contributed by atoms with Gasteiger partial charge in [0.1, 0.15) is 5.82 Å². The van der Waals surface area contributed by atoms with E-state index >= 15 is 0 Å². The van der Waals surface area contributed by atoms with E-state index < -0.39 is 34.1 Å². The summed E-state index contributed by atoms with van der Waals surface area (Å²) in [6.45, 7) is 5.36. The fraction of sp³-hybridized carbons (Fsp3) is 0.421. The van der Waals surface area contributed by atoms with E-state index in [1.165, 1.54) is 35.0 Å². The van der Waals surface area contributed by atoms with Gasteiger partial charge >= 0.3 is 11.8 Å². The van der Waals surface area contributed by atoms with Gasteiger partial charge in [-0.05, 0) is 71.6 Å². The highest BCUT2D eigenvalue weighted by Gasteiger charge is 2.35. The van der Waals surface area contributed by atoms with Gasteiger partial charge in [-0.3, -0.25) is 4.52 Å². The largest absolute Gasteiger partial charge is 0.446 e. The summed E-state index contributed by atoms with van der Waals surface area (Å²) < 4.78 is 48.3. The van der Waals surface area contributed by atoms with Crippen LogP contribution in [0.15, 0.2) is 41.6 Å². The minimum absolute atomic E-state index is 0.00334. The number of thiol groups is 1. The fourth-order valence-corrected chi connectivity index (χ4v) is 5.54. The zero-order valence-corrected chi connectivity index (χ0v) is 22.4. The van der Waals surface area contributed by atoms with Gasteiger partial charge in [0.2, 0.25) is 16.7 Å². The Balaban J connectivity index is 1.50. The van der Waals surface area contributed by atoms with Crippen molar-refractivity contribution in [3.05, 3.63) is 39.0 Å². The summed E-state index contributed by atoms with van der Waals surface area (Å²) in [5, 5.41) is 13.1. The van der Waals surface area contributed by atoms with E-state index in [0.717, 1.165) is 4.57 Å². The summed E-state index contributed by atoms with van der Waals surface area (Å²) in [6, 6.07) is 3.94. The van der Waals surface area contributed by atoms with E-state index in [0.29, 0.717) is 22.3 Å². The second kappa shape index (κ2) is 10.3. The van der Waals surface area contributed by atoms with E-state index in [1.807, 2.05) is 0 Å². The van der Waals surface area contributed by atoms with Crippen LogP contribution in [-0.4, -0.2) is 67.8 Å². The molecule has 194 valence electrons. The molecule has 0 aliphatic carbocycles. The molecule has 1 aliphatic heterocycles. The molecule has 1 fully saturated rings. The fourth-order valence-electron chi connectivity index (χ4n) is 3.41. The average molecular weight is 607 g/mol. The second-order valence-electron chi connectivity index (χ2n) is 8.62. The van der Waals surface area contributed by atoms with Crippen molar-refractivity contribution in [3.63, 3.8) is 0 Å². The van der Waals surface area contributed by atoms with Gasteiger partial charge in [-0.25, -0.2) is 31.6 Å². The number of nitrogens with zero attached hydrogens (tertiary/aromatic N) is 6. The molecule has 3 aromatic rings. The Hall–Kier alpha value is -2.76. The molecule has 1 aliphatic rings. The van der Waals surface area contributed by atoms with Crippen LogP contribution in [0.1, 0.15) is 27.2 Å². The Morgan fingerprint density at radius 2 is 2.06 bits per heavy atom. The van der Waals surface area contributed by atoms with Crippen molar-refractivity contribution in [2.24, 2.45) is 0 Å². The molecule has 36 heavy (non-hydrogen) atoms. The van der Waals surface area contributed by atoms with Gasteiger partial charge in [0.25, 0.3) is 0 Å². The van der Waals surface area contributed by atoms with Crippen LogP contribution in [0.5, 0.6) is 0 Å². The smallest absolute Gasteiger partial charge is 0.350 e. The number of aromatic nitrogens is 4. The third-order valence-corrected chi connectivity index (χ3v) is 7.91. The molecule has 0 spiro atoms. The molecule has 1 amide bonds. The lowest BCUT2D eigenvalue weighted by atomic mass is 10.1.